The molecule has 0 bridgehead atoms. The number of nitrogens with zero attached hydrogens (tertiary/aromatic N) is 3. The molecule has 1 saturated heterocycles. The zero-order chi connectivity index (χ0) is 22.9. The van der Waals surface area contributed by atoms with E-state index in [4.69, 9.17) is 4.98 Å². The van der Waals surface area contributed by atoms with Crippen LogP contribution >= 0.6 is 0 Å². The highest BCUT2D eigenvalue weighted by atomic mass is 16.2. The summed E-state index contributed by atoms with van der Waals surface area (Å²) >= 11 is 0. The van der Waals surface area contributed by atoms with Crippen LogP contribution in [0.25, 0.3) is 22.0 Å². The molecule has 1 fully saturated rings. The zero-order valence-electron chi connectivity index (χ0n) is 19.5. The van der Waals surface area contributed by atoms with E-state index in [2.05, 4.69) is 55.1 Å². The molecule has 0 radical (unpaired) electrons. The lowest BCUT2D eigenvalue weighted by molar-refractivity contribution is 0.0748. The van der Waals surface area contributed by atoms with Crippen molar-refractivity contribution in [2.75, 3.05) is 31.1 Å². The fourth-order valence-electron chi connectivity index (χ4n) is 4.80. The molecule has 1 amide bonds. The van der Waals surface area contributed by atoms with E-state index < -0.39 is 0 Å². The predicted octanol–water partition coefficient (Wildman–Crippen LogP) is 5.79. The molecule has 0 unspecified atom stereocenters. The van der Waals surface area contributed by atoms with E-state index in [1.807, 2.05) is 48.2 Å². The lowest BCUT2D eigenvalue weighted by atomic mass is 9.98. The molecule has 0 N–H and O–H groups in total. The van der Waals surface area contributed by atoms with Crippen LogP contribution in [0.5, 0.6) is 0 Å². The van der Waals surface area contributed by atoms with E-state index in [-0.39, 0.29) is 5.91 Å². The number of rotatable bonds is 3. The number of aromatic nitrogens is 1. The monoisotopic (exact) mass is 435 g/mol. The van der Waals surface area contributed by atoms with Crippen molar-refractivity contribution in [1.82, 2.24) is 9.88 Å². The van der Waals surface area contributed by atoms with Crippen molar-refractivity contribution in [3.8, 4) is 11.1 Å². The maximum absolute atomic E-state index is 13.7. The standard InChI is InChI=1S/C29H29N3O/c1-20-9-7-14-27(22(20)3)31-15-17-32(18-16-31)29(33)26-19-21(2)30-28-24(12-8-13-25(26)28)23-10-5-4-6-11-23/h4-14,19H,15-18H2,1-3H3. The molecular formula is C29H29N3O. The number of anilines is 1. The van der Waals surface area contributed by atoms with Gasteiger partial charge in [-0.05, 0) is 49.6 Å². The first-order chi connectivity index (χ1) is 16.0. The van der Waals surface area contributed by atoms with Crippen LogP contribution in [0.2, 0.25) is 0 Å². The maximum atomic E-state index is 13.7. The Morgan fingerprint density at radius 3 is 2.30 bits per heavy atom. The molecule has 166 valence electrons. The molecule has 1 aliphatic heterocycles. The molecule has 0 atom stereocenters. The molecule has 33 heavy (non-hydrogen) atoms. The van der Waals surface area contributed by atoms with E-state index in [9.17, 15) is 4.79 Å². The van der Waals surface area contributed by atoms with E-state index in [1.165, 1.54) is 16.8 Å². The molecule has 4 heteroatoms. The van der Waals surface area contributed by atoms with Crippen molar-refractivity contribution >= 4 is 22.5 Å². The second kappa shape index (κ2) is 8.70. The minimum absolute atomic E-state index is 0.0938. The Kier molecular flexibility index (Phi) is 5.59. The number of pyridine rings is 1. The third-order valence-corrected chi connectivity index (χ3v) is 6.77. The molecule has 3 aromatic carbocycles. The Morgan fingerprint density at radius 1 is 0.818 bits per heavy atom. The molecule has 0 spiro atoms. The Morgan fingerprint density at radius 2 is 1.55 bits per heavy atom. The third-order valence-electron chi connectivity index (χ3n) is 6.77. The first kappa shape index (κ1) is 21.2. The van der Waals surface area contributed by atoms with Crippen LogP contribution in [0.15, 0.2) is 72.8 Å². The topological polar surface area (TPSA) is 36.4 Å². The van der Waals surface area contributed by atoms with Gasteiger partial charge in [-0.1, -0.05) is 60.7 Å². The fraction of sp³-hybridized carbons (Fsp3) is 0.241. The highest BCUT2D eigenvalue weighted by Gasteiger charge is 2.25. The molecule has 1 aliphatic rings. The zero-order valence-corrected chi connectivity index (χ0v) is 19.5. The summed E-state index contributed by atoms with van der Waals surface area (Å²) in [5, 5.41) is 0.920. The lowest BCUT2D eigenvalue weighted by Gasteiger charge is -2.37. The average Bonchev–Trinajstić information content (AvgIpc) is 2.85. The number of amides is 1. The van der Waals surface area contributed by atoms with Crippen molar-refractivity contribution in [3.63, 3.8) is 0 Å². The molecular weight excluding hydrogens is 406 g/mol. The van der Waals surface area contributed by atoms with Crippen LogP contribution in [0, 0.1) is 20.8 Å². The quantitative estimate of drug-likeness (QED) is 0.409. The summed E-state index contributed by atoms with van der Waals surface area (Å²) in [4.78, 5) is 22.9. The predicted molar refractivity (Wildman–Crippen MR) is 136 cm³/mol. The van der Waals surface area contributed by atoms with E-state index >= 15 is 0 Å². The lowest BCUT2D eigenvalue weighted by Crippen LogP contribution is -2.49. The number of hydrogen-bond donors (Lipinski definition) is 0. The number of hydrogen-bond acceptors (Lipinski definition) is 3. The molecule has 5 rings (SSSR count). The Hall–Kier alpha value is -3.66. The summed E-state index contributed by atoms with van der Waals surface area (Å²) in [5.74, 6) is 0.0938. The first-order valence-electron chi connectivity index (χ1n) is 11.6. The van der Waals surface area contributed by atoms with Gasteiger partial charge in [0.25, 0.3) is 5.91 Å². The highest BCUT2D eigenvalue weighted by Crippen LogP contribution is 2.31. The summed E-state index contributed by atoms with van der Waals surface area (Å²) < 4.78 is 0. The normalized spacial score (nSPS) is 14.0. The third kappa shape index (κ3) is 3.97. The number of carbonyl (C=O) groups excluding carboxylic acids is 1. The van der Waals surface area contributed by atoms with Crippen molar-refractivity contribution in [3.05, 3.63) is 95.2 Å². The van der Waals surface area contributed by atoms with Gasteiger partial charge in [-0.3, -0.25) is 9.78 Å². The maximum Gasteiger partial charge on any atom is 0.254 e. The number of para-hydroxylation sites is 1. The minimum atomic E-state index is 0.0938. The molecule has 4 aromatic rings. The summed E-state index contributed by atoms with van der Waals surface area (Å²) in [5.41, 5.74) is 8.58. The van der Waals surface area contributed by atoms with Gasteiger partial charge in [0, 0.05) is 48.5 Å². The van der Waals surface area contributed by atoms with Crippen LogP contribution in [0.4, 0.5) is 5.69 Å². The van der Waals surface area contributed by atoms with Crippen LogP contribution in [0.1, 0.15) is 27.2 Å². The molecule has 2 heterocycles. The number of aryl methyl sites for hydroxylation is 2. The van der Waals surface area contributed by atoms with Crippen LogP contribution in [-0.4, -0.2) is 42.0 Å². The summed E-state index contributed by atoms with van der Waals surface area (Å²) in [6, 6.07) is 24.8. The van der Waals surface area contributed by atoms with Gasteiger partial charge in [0.1, 0.15) is 0 Å². The summed E-state index contributed by atoms with van der Waals surface area (Å²) in [6.45, 7) is 9.41. The Labute approximate surface area is 195 Å². The smallest absolute Gasteiger partial charge is 0.254 e. The van der Waals surface area contributed by atoms with Crippen LogP contribution in [-0.2, 0) is 0 Å². The van der Waals surface area contributed by atoms with Crippen LogP contribution in [0.3, 0.4) is 0 Å². The molecule has 0 aliphatic carbocycles. The van der Waals surface area contributed by atoms with Gasteiger partial charge in [-0.2, -0.15) is 0 Å². The van der Waals surface area contributed by atoms with Gasteiger partial charge in [-0.25, -0.2) is 0 Å². The van der Waals surface area contributed by atoms with Crippen molar-refractivity contribution in [1.29, 1.82) is 0 Å². The molecule has 1 aromatic heterocycles. The Balaban J connectivity index is 1.44. The van der Waals surface area contributed by atoms with Gasteiger partial charge in [0.2, 0.25) is 0 Å². The van der Waals surface area contributed by atoms with E-state index in [0.717, 1.165) is 46.4 Å². The van der Waals surface area contributed by atoms with Gasteiger partial charge in [-0.15, -0.1) is 0 Å². The second-order valence-electron chi connectivity index (χ2n) is 8.88. The molecule has 4 nitrogen and oxygen atoms in total. The second-order valence-corrected chi connectivity index (χ2v) is 8.88. The van der Waals surface area contributed by atoms with E-state index in [1.54, 1.807) is 0 Å². The van der Waals surface area contributed by atoms with Crippen molar-refractivity contribution in [2.45, 2.75) is 20.8 Å². The summed E-state index contributed by atoms with van der Waals surface area (Å²) in [6.07, 6.45) is 0. The Bertz CT molecular complexity index is 1320. The largest absolute Gasteiger partial charge is 0.368 e. The number of benzene rings is 3. The average molecular weight is 436 g/mol. The number of carbonyl (C=O) groups is 1. The fourth-order valence-corrected chi connectivity index (χ4v) is 4.80. The van der Waals surface area contributed by atoms with E-state index in [0.29, 0.717) is 13.1 Å². The first-order valence-corrected chi connectivity index (χ1v) is 11.6. The minimum Gasteiger partial charge on any atom is -0.368 e. The van der Waals surface area contributed by atoms with Gasteiger partial charge < -0.3 is 9.80 Å². The molecule has 0 saturated carbocycles. The number of piperazine rings is 1. The van der Waals surface area contributed by atoms with Crippen molar-refractivity contribution in [2.24, 2.45) is 0 Å². The van der Waals surface area contributed by atoms with Crippen LogP contribution < -0.4 is 4.90 Å². The SMILES string of the molecule is Cc1cc(C(=O)N2CCN(c3cccc(C)c3C)CC2)c2cccc(-c3ccccc3)c2n1. The van der Waals surface area contributed by atoms with Gasteiger partial charge in [0.05, 0.1) is 11.1 Å². The van der Waals surface area contributed by atoms with Crippen molar-refractivity contribution < 1.29 is 4.79 Å². The highest BCUT2D eigenvalue weighted by molar-refractivity contribution is 6.09. The van der Waals surface area contributed by atoms with Gasteiger partial charge >= 0.3 is 0 Å². The summed E-state index contributed by atoms with van der Waals surface area (Å²) in [7, 11) is 0. The van der Waals surface area contributed by atoms with Gasteiger partial charge in [0.15, 0.2) is 0 Å². The number of fused-ring (bicyclic) bond motifs is 1.